The molecule has 0 amide bonds. The lowest BCUT2D eigenvalue weighted by molar-refractivity contribution is 0.112. The van der Waals surface area contributed by atoms with E-state index in [0.29, 0.717) is 23.8 Å². The molecule has 1 fully saturated rings. The minimum atomic E-state index is -0.651. The summed E-state index contributed by atoms with van der Waals surface area (Å²) in [6.07, 6.45) is 2.62. The lowest BCUT2D eigenvalue weighted by Crippen LogP contribution is -2.12. The third-order valence-electron chi connectivity index (χ3n) is 2.89. The molecule has 0 heterocycles. The number of aryl methyl sites for hydroxylation is 1. The quantitative estimate of drug-likeness (QED) is 0.771. The van der Waals surface area contributed by atoms with Crippen LogP contribution in [0.25, 0.3) is 0 Å². The van der Waals surface area contributed by atoms with Crippen molar-refractivity contribution in [3.05, 3.63) is 34.6 Å². The molecule has 0 saturated heterocycles. The molecule has 1 aromatic carbocycles. The minimum Gasteiger partial charge on any atom is -0.390 e. The van der Waals surface area contributed by atoms with Crippen LogP contribution in [0.4, 0.5) is 4.39 Å². The number of aliphatic hydroxyl groups is 1. The highest BCUT2D eigenvalue weighted by atomic mass is 19.1. The van der Waals surface area contributed by atoms with E-state index in [0.717, 1.165) is 18.4 Å². The summed E-state index contributed by atoms with van der Waals surface area (Å²) in [7, 11) is 0. The van der Waals surface area contributed by atoms with E-state index >= 15 is 0 Å². The summed E-state index contributed by atoms with van der Waals surface area (Å²) in [5.41, 5.74) is 0.948. The highest BCUT2D eigenvalue weighted by Crippen LogP contribution is 2.38. The molecule has 2 rings (SSSR count). The molecule has 0 unspecified atom stereocenters. The number of carbonyl (C=O) groups excluding carboxylic acids is 1. The van der Waals surface area contributed by atoms with Crippen molar-refractivity contribution in [1.82, 2.24) is 0 Å². The summed E-state index contributed by atoms with van der Waals surface area (Å²) < 4.78 is 13.2. The highest BCUT2D eigenvalue weighted by molar-refractivity contribution is 5.77. The summed E-state index contributed by atoms with van der Waals surface area (Å²) in [5, 5.41) is 9.75. The predicted octanol–water partition coefficient (Wildman–Crippen LogP) is 2.01. The maximum Gasteiger partial charge on any atom is 0.150 e. The zero-order valence-electron chi connectivity index (χ0n) is 8.59. The number of rotatable bonds is 3. The number of carbonyl (C=O) groups is 1. The standard InChI is InChI=1S/C12H13FO2/c1-8-4-9(6-12(15)2-3-12)10(7-14)5-11(8)13/h4-5,7,15H,2-3,6H2,1H3. The van der Waals surface area contributed by atoms with Crippen molar-refractivity contribution in [2.24, 2.45) is 0 Å². The minimum absolute atomic E-state index is 0.346. The molecule has 0 spiro atoms. The Labute approximate surface area is 87.7 Å². The molecule has 0 atom stereocenters. The van der Waals surface area contributed by atoms with E-state index in [1.807, 2.05) is 0 Å². The van der Waals surface area contributed by atoms with Gasteiger partial charge < -0.3 is 5.11 Å². The molecule has 1 N–H and O–H groups in total. The highest BCUT2D eigenvalue weighted by Gasteiger charge is 2.40. The van der Waals surface area contributed by atoms with Crippen LogP contribution in [0.15, 0.2) is 12.1 Å². The van der Waals surface area contributed by atoms with E-state index in [-0.39, 0.29) is 5.82 Å². The van der Waals surface area contributed by atoms with Crippen molar-refractivity contribution in [3.8, 4) is 0 Å². The molecule has 1 aliphatic rings. The zero-order chi connectivity index (χ0) is 11.1. The summed E-state index contributed by atoms with van der Waals surface area (Å²) in [4.78, 5) is 10.7. The van der Waals surface area contributed by atoms with Gasteiger partial charge in [-0.05, 0) is 37.0 Å². The van der Waals surface area contributed by atoms with Crippen molar-refractivity contribution in [1.29, 1.82) is 0 Å². The van der Waals surface area contributed by atoms with Gasteiger partial charge in [-0.15, -0.1) is 0 Å². The van der Waals surface area contributed by atoms with Gasteiger partial charge in [0.05, 0.1) is 5.60 Å². The Bertz CT molecular complexity index is 408. The Morgan fingerprint density at radius 1 is 1.53 bits per heavy atom. The van der Waals surface area contributed by atoms with Gasteiger partial charge in [-0.2, -0.15) is 0 Å². The molecule has 1 aliphatic carbocycles. The molecule has 0 aromatic heterocycles. The van der Waals surface area contributed by atoms with Gasteiger partial charge in [0.2, 0.25) is 0 Å². The average molecular weight is 208 g/mol. The average Bonchev–Trinajstić information content (AvgIpc) is 2.89. The normalized spacial score (nSPS) is 17.5. The molecule has 1 aromatic rings. The summed E-state index contributed by atoms with van der Waals surface area (Å²) >= 11 is 0. The first kappa shape index (κ1) is 10.3. The van der Waals surface area contributed by atoms with E-state index < -0.39 is 5.60 Å². The number of benzene rings is 1. The van der Waals surface area contributed by atoms with Crippen molar-refractivity contribution in [3.63, 3.8) is 0 Å². The van der Waals surface area contributed by atoms with E-state index in [4.69, 9.17) is 0 Å². The van der Waals surface area contributed by atoms with Crippen LogP contribution >= 0.6 is 0 Å². The SMILES string of the molecule is Cc1cc(CC2(O)CC2)c(C=O)cc1F. The molecule has 15 heavy (non-hydrogen) atoms. The van der Waals surface area contributed by atoms with E-state index in [1.54, 1.807) is 13.0 Å². The van der Waals surface area contributed by atoms with Crippen LogP contribution in [0.5, 0.6) is 0 Å². The lowest BCUT2D eigenvalue weighted by Gasteiger charge is -2.11. The Balaban J connectivity index is 2.36. The maximum atomic E-state index is 13.2. The van der Waals surface area contributed by atoms with Crippen LogP contribution in [0.2, 0.25) is 0 Å². The van der Waals surface area contributed by atoms with Crippen LogP contribution in [0.3, 0.4) is 0 Å². The van der Waals surface area contributed by atoms with Crippen molar-refractivity contribution in [2.45, 2.75) is 31.8 Å². The molecule has 0 aliphatic heterocycles. The Kier molecular flexibility index (Phi) is 2.35. The molecule has 2 nitrogen and oxygen atoms in total. The van der Waals surface area contributed by atoms with Gasteiger partial charge in [-0.25, -0.2) is 4.39 Å². The molecule has 1 saturated carbocycles. The fourth-order valence-corrected chi connectivity index (χ4v) is 1.70. The van der Waals surface area contributed by atoms with Crippen LogP contribution < -0.4 is 0 Å². The molecule has 0 bridgehead atoms. The second-order valence-corrected chi connectivity index (χ2v) is 4.32. The Morgan fingerprint density at radius 3 is 2.73 bits per heavy atom. The number of aldehydes is 1. The molecule has 3 heteroatoms. The second-order valence-electron chi connectivity index (χ2n) is 4.32. The van der Waals surface area contributed by atoms with Gasteiger partial charge >= 0.3 is 0 Å². The fraction of sp³-hybridized carbons (Fsp3) is 0.417. The van der Waals surface area contributed by atoms with Crippen LogP contribution in [-0.2, 0) is 6.42 Å². The monoisotopic (exact) mass is 208 g/mol. The molecule has 0 radical (unpaired) electrons. The maximum absolute atomic E-state index is 13.2. The second kappa shape index (κ2) is 3.42. The molecular formula is C12H13FO2. The van der Waals surface area contributed by atoms with Crippen LogP contribution in [0, 0.1) is 12.7 Å². The predicted molar refractivity (Wildman–Crippen MR) is 54.4 cm³/mol. The number of halogens is 1. The summed E-state index contributed by atoms with van der Waals surface area (Å²) in [5.74, 6) is -0.372. The van der Waals surface area contributed by atoms with E-state index in [9.17, 15) is 14.3 Å². The van der Waals surface area contributed by atoms with Crippen molar-refractivity contribution < 1.29 is 14.3 Å². The Morgan fingerprint density at radius 2 is 2.20 bits per heavy atom. The largest absolute Gasteiger partial charge is 0.390 e. The first-order chi connectivity index (χ1) is 7.04. The lowest BCUT2D eigenvalue weighted by atomic mass is 9.98. The Hall–Kier alpha value is -1.22. The van der Waals surface area contributed by atoms with E-state index in [1.165, 1.54) is 6.07 Å². The smallest absolute Gasteiger partial charge is 0.150 e. The van der Waals surface area contributed by atoms with E-state index in [2.05, 4.69) is 0 Å². The van der Waals surface area contributed by atoms with Crippen LogP contribution in [-0.4, -0.2) is 17.0 Å². The van der Waals surface area contributed by atoms with Gasteiger partial charge in [0, 0.05) is 12.0 Å². The van der Waals surface area contributed by atoms with Gasteiger partial charge in [0.1, 0.15) is 12.1 Å². The third-order valence-corrected chi connectivity index (χ3v) is 2.89. The first-order valence-electron chi connectivity index (χ1n) is 5.01. The molecular weight excluding hydrogens is 195 g/mol. The van der Waals surface area contributed by atoms with Gasteiger partial charge in [0.15, 0.2) is 0 Å². The van der Waals surface area contributed by atoms with Gasteiger partial charge in [-0.1, -0.05) is 6.07 Å². The van der Waals surface area contributed by atoms with Gasteiger partial charge in [-0.3, -0.25) is 4.79 Å². The molecule has 80 valence electrons. The summed E-state index contributed by atoms with van der Waals surface area (Å²) in [6, 6.07) is 2.89. The first-order valence-corrected chi connectivity index (χ1v) is 5.01. The van der Waals surface area contributed by atoms with Crippen LogP contribution in [0.1, 0.15) is 34.3 Å². The number of hydrogen-bond acceptors (Lipinski definition) is 2. The van der Waals surface area contributed by atoms with Gasteiger partial charge in [0.25, 0.3) is 0 Å². The number of hydrogen-bond donors (Lipinski definition) is 1. The third kappa shape index (κ3) is 2.07. The topological polar surface area (TPSA) is 37.3 Å². The van der Waals surface area contributed by atoms with Crippen molar-refractivity contribution in [2.75, 3.05) is 0 Å². The zero-order valence-corrected chi connectivity index (χ0v) is 8.59. The summed E-state index contributed by atoms with van der Waals surface area (Å²) in [6.45, 7) is 1.66. The van der Waals surface area contributed by atoms with Crippen molar-refractivity contribution >= 4 is 6.29 Å². The fourth-order valence-electron chi connectivity index (χ4n) is 1.70.